The van der Waals surface area contributed by atoms with Crippen LogP contribution in [0.25, 0.3) is 0 Å². The van der Waals surface area contributed by atoms with E-state index in [1.54, 1.807) is 17.0 Å². The number of nitrogens with zero attached hydrogens (tertiary/aromatic N) is 1. The number of primary amides is 1. The fourth-order valence-corrected chi connectivity index (χ4v) is 2.47. The van der Waals surface area contributed by atoms with Crippen molar-refractivity contribution in [1.82, 2.24) is 4.90 Å². The summed E-state index contributed by atoms with van der Waals surface area (Å²) < 4.78 is 0.540. The quantitative estimate of drug-likeness (QED) is 0.863. The van der Waals surface area contributed by atoms with Gasteiger partial charge in [-0.25, -0.2) is 0 Å². The number of carbonyl (C=O) groups excluding carboxylic acids is 2. The summed E-state index contributed by atoms with van der Waals surface area (Å²) in [6.45, 7) is 0.963. The topological polar surface area (TPSA) is 83.6 Å². The predicted octanol–water partition coefficient (Wildman–Crippen LogP) is 1.49. The van der Waals surface area contributed by atoms with Gasteiger partial charge in [-0.3, -0.25) is 9.59 Å². The van der Waals surface area contributed by atoms with Gasteiger partial charge in [0.25, 0.3) is 5.91 Å². The maximum atomic E-state index is 12.3. The van der Waals surface area contributed by atoms with E-state index in [9.17, 15) is 14.7 Å². The molecule has 1 aromatic rings. The number of carbonyl (C=O) groups is 2. The van der Waals surface area contributed by atoms with Crippen molar-refractivity contribution in [2.45, 2.75) is 12.8 Å². The summed E-state index contributed by atoms with van der Waals surface area (Å²) in [4.78, 5) is 25.1. The Morgan fingerprint density at radius 2 is 2.16 bits per heavy atom. The van der Waals surface area contributed by atoms with Crippen molar-refractivity contribution in [3.05, 3.63) is 28.2 Å². The van der Waals surface area contributed by atoms with Gasteiger partial charge in [0.1, 0.15) is 5.75 Å². The van der Waals surface area contributed by atoms with Crippen molar-refractivity contribution in [3.8, 4) is 5.75 Å². The Bertz CT molecular complexity index is 519. The number of likely N-dealkylation sites (tertiary alicyclic amines) is 1. The Kier molecular flexibility index (Phi) is 4.09. The second kappa shape index (κ2) is 5.61. The summed E-state index contributed by atoms with van der Waals surface area (Å²) in [6, 6.07) is 4.68. The van der Waals surface area contributed by atoms with E-state index >= 15 is 0 Å². The smallest absolute Gasteiger partial charge is 0.254 e. The molecule has 0 radical (unpaired) electrons. The van der Waals surface area contributed by atoms with Crippen molar-refractivity contribution < 1.29 is 14.7 Å². The first-order valence-corrected chi connectivity index (χ1v) is 6.85. The number of rotatable bonds is 2. The van der Waals surface area contributed by atoms with Crippen LogP contribution >= 0.6 is 15.9 Å². The minimum atomic E-state index is -0.365. The molecule has 1 saturated heterocycles. The number of hydrogen-bond acceptors (Lipinski definition) is 3. The molecule has 1 unspecified atom stereocenters. The molecule has 1 atom stereocenters. The Morgan fingerprint density at radius 1 is 1.42 bits per heavy atom. The van der Waals surface area contributed by atoms with Gasteiger partial charge in [-0.1, -0.05) is 0 Å². The average Bonchev–Trinajstić information content (AvgIpc) is 2.41. The van der Waals surface area contributed by atoms with Crippen LogP contribution in [0.3, 0.4) is 0 Å². The zero-order valence-corrected chi connectivity index (χ0v) is 11.9. The number of nitrogens with two attached hydrogens (primary N) is 1. The number of amides is 2. The van der Waals surface area contributed by atoms with Crippen LogP contribution in [-0.4, -0.2) is 34.9 Å². The summed E-state index contributed by atoms with van der Waals surface area (Å²) in [6.07, 6.45) is 1.49. The average molecular weight is 327 g/mol. The number of hydrogen-bond donors (Lipinski definition) is 2. The van der Waals surface area contributed by atoms with Crippen LogP contribution in [0.1, 0.15) is 23.2 Å². The van der Waals surface area contributed by atoms with Gasteiger partial charge in [0.2, 0.25) is 5.91 Å². The summed E-state index contributed by atoms with van der Waals surface area (Å²) in [5.41, 5.74) is 5.70. The van der Waals surface area contributed by atoms with Gasteiger partial charge in [-0.2, -0.15) is 0 Å². The van der Waals surface area contributed by atoms with E-state index in [-0.39, 0.29) is 23.5 Å². The highest BCUT2D eigenvalue weighted by atomic mass is 79.9. The molecule has 0 aliphatic carbocycles. The fraction of sp³-hybridized carbons (Fsp3) is 0.385. The lowest BCUT2D eigenvalue weighted by Crippen LogP contribution is -2.44. The number of aromatic hydroxyl groups is 1. The maximum absolute atomic E-state index is 12.3. The van der Waals surface area contributed by atoms with E-state index < -0.39 is 0 Å². The number of piperidine rings is 1. The van der Waals surface area contributed by atoms with Crippen LogP contribution in [0.2, 0.25) is 0 Å². The molecule has 2 amide bonds. The molecule has 1 heterocycles. The molecule has 1 aliphatic rings. The standard InChI is InChI=1S/C13H15BrN2O3/c14-10-4-3-8(6-11(10)17)13(19)16-5-1-2-9(7-16)12(15)18/h3-4,6,9,17H,1-2,5,7H2,(H2,15,18). The maximum Gasteiger partial charge on any atom is 0.254 e. The molecule has 1 aromatic carbocycles. The molecule has 3 N–H and O–H groups in total. The first kappa shape index (κ1) is 13.9. The normalized spacial score (nSPS) is 19.2. The zero-order chi connectivity index (χ0) is 14.0. The minimum absolute atomic E-state index is 0.0225. The third kappa shape index (κ3) is 3.07. The summed E-state index contributed by atoms with van der Waals surface area (Å²) in [5, 5.41) is 9.60. The van der Waals surface area contributed by atoms with Crippen LogP contribution in [-0.2, 0) is 4.79 Å². The third-order valence-electron chi connectivity index (χ3n) is 3.30. The molecule has 102 valence electrons. The molecule has 0 aromatic heterocycles. The largest absolute Gasteiger partial charge is 0.507 e. The Morgan fingerprint density at radius 3 is 2.79 bits per heavy atom. The lowest BCUT2D eigenvalue weighted by atomic mass is 9.97. The van der Waals surface area contributed by atoms with Gasteiger partial charge in [-0.15, -0.1) is 0 Å². The van der Waals surface area contributed by atoms with Crippen molar-refractivity contribution in [2.24, 2.45) is 11.7 Å². The monoisotopic (exact) mass is 326 g/mol. The molecule has 6 heteroatoms. The summed E-state index contributed by atoms with van der Waals surface area (Å²) in [7, 11) is 0. The van der Waals surface area contributed by atoms with E-state index in [1.807, 2.05) is 0 Å². The molecule has 0 spiro atoms. The van der Waals surface area contributed by atoms with Crippen LogP contribution in [0, 0.1) is 5.92 Å². The van der Waals surface area contributed by atoms with Crippen LogP contribution in [0.5, 0.6) is 5.75 Å². The van der Waals surface area contributed by atoms with E-state index in [2.05, 4.69) is 15.9 Å². The van der Waals surface area contributed by atoms with E-state index in [4.69, 9.17) is 5.73 Å². The zero-order valence-electron chi connectivity index (χ0n) is 10.3. The van der Waals surface area contributed by atoms with Gasteiger partial charge in [-0.05, 0) is 47.0 Å². The highest BCUT2D eigenvalue weighted by Gasteiger charge is 2.27. The van der Waals surface area contributed by atoms with Gasteiger partial charge in [0.15, 0.2) is 0 Å². The van der Waals surface area contributed by atoms with Crippen LogP contribution in [0.4, 0.5) is 0 Å². The summed E-state index contributed by atoms with van der Waals surface area (Å²) in [5.74, 6) is -0.805. The molecule has 2 rings (SSSR count). The van der Waals surface area contributed by atoms with Crippen molar-refractivity contribution in [3.63, 3.8) is 0 Å². The number of halogens is 1. The third-order valence-corrected chi connectivity index (χ3v) is 3.97. The second-order valence-electron chi connectivity index (χ2n) is 4.66. The first-order chi connectivity index (χ1) is 8.99. The van der Waals surface area contributed by atoms with Crippen LogP contribution < -0.4 is 5.73 Å². The molecule has 5 nitrogen and oxygen atoms in total. The Balaban J connectivity index is 2.14. The van der Waals surface area contributed by atoms with E-state index in [0.717, 1.165) is 12.8 Å². The molecule has 19 heavy (non-hydrogen) atoms. The number of phenolic OH excluding ortho intramolecular Hbond substituents is 1. The lowest BCUT2D eigenvalue weighted by molar-refractivity contribution is -0.123. The van der Waals surface area contributed by atoms with E-state index in [0.29, 0.717) is 23.1 Å². The van der Waals surface area contributed by atoms with Crippen molar-refractivity contribution in [2.75, 3.05) is 13.1 Å². The summed E-state index contributed by atoms with van der Waals surface area (Å²) >= 11 is 3.17. The highest BCUT2D eigenvalue weighted by molar-refractivity contribution is 9.10. The van der Waals surface area contributed by atoms with Gasteiger partial charge in [0, 0.05) is 18.7 Å². The Hall–Kier alpha value is -1.56. The molecule has 0 saturated carbocycles. The molecule has 1 aliphatic heterocycles. The van der Waals surface area contributed by atoms with Gasteiger partial charge in [0.05, 0.1) is 10.4 Å². The lowest BCUT2D eigenvalue weighted by Gasteiger charge is -2.31. The van der Waals surface area contributed by atoms with Crippen LogP contribution in [0.15, 0.2) is 22.7 Å². The molecular weight excluding hydrogens is 312 g/mol. The molecule has 0 bridgehead atoms. The predicted molar refractivity (Wildman–Crippen MR) is 73.6 cm³/mol. The Labute approximate surface area is 119 Å². The highest BCUT2D eigenvalue weighted by Crippen LogP contribution is 2.26. The van der Waals surface area contributed by atoms with Crippen molar-refractivity contribution >= 4 is 27.7 Å². The minimum Gasteiger partial charge on any atom is -0.507 e. The fourth-order valence-electron chi connectivity index (χ4n) is 2.22. The number of phenols is 1. The van der Waals surface area contributed by atoms with Gasteiger partial charge >= 0.3 is 0 Å². The molecule has 1 fully saturated rings. The number of benzene rings is 1. The van der Waals surface area contributed by atoms with Crippen molar-refractivity contribution in [1.29, 1.82) is 0 Å². The van der Waals surface area contributed by atoms with E-state index in [1.165, 1.54) is 6.07 Å². The van der Waals surface area contributed by atoms with Gasteiger partial charge < -0.3 is 15.7 Å². The first-order valence-electron chi connectivity index (χ1n) is 6.06. The molecular formula is C13H15BrN2O3. The second-order valence-corrected chi connectivity index (χ2v) is 5.51. The SMILES string of the molecule is NC(=O)C1CCCN(C(=O)c2ccc(Br)c(O)c2)C1.